The van der Waals surface area contributed by atoms with E-state index in [2.05, 4.69) is 27.9 Å². The molecule has 0 atom stereocenters. The highest BCUT2D eigenvalue weighted by Crippen LogP contribution is 2.27. The van der Waals surface area contributed by atoms with Crippen LogP contribution in [0.1, 0.15) is 19.3 Å². The number of ether oxygens (including phenoxy) is 1. The molecule has 1 saturated carbocycles. The molecule has 0 unspecified atom stereocenters. The molecule has 2 fully saturated rings. The monoisotopic (exact) mass is 391 g/mol. The van der Waals surface area contributed by atoms with E-state index < -0.39 is 0 Å². The molecule has 1 saturated heterocycles. The van der Waals surface area contributed by atoms with Gasteiger partial charge in [0.25, 0.3) is 0 Å². The highest BCUT2D eigenvalue weighted by Gasteiger charge is 2.20. The summed E-state index contributed by atoms with van der Waals surface area (Å²) in [5.74, 6) is 0.567. The summed E-state index contributed by atoms with van der Waals surface area (Å²) in [7, 11) is 2.14. The van der Waals surface area contributed by atoms with E-state index in [-0.39, 0.29) is 11.7 Å². The van der Waals surface area contributed by atoms with Gasteiger partial charge in [-0.25, -0.2) is 9.78 Å². The molecule has 0 bridgehead atoms. The second-order valence-electron chi connectivity index (χ2n) is 7.99. The number of rotatable bonds is 4. The van der Waals surface area contributed by atoms with Gasteiger partial charge in [-0.3, -0.25) is 0 Å². The number of piperazine rings is 1. The molecule has 6 nitrogen and oxygen atoms in total. The Balaban J connectivity index is 1.45. The zero-order chi connectivity index (χ0) is 19.8. The van der Waals surface area contributed by atoms with E-state index in [9.17, 15) is 4.79 Å². The number of hydrogen-bond acceptors (Lipinski definition) is 6. The third-order valence-electron chi connectivity index (χ3n) is 5.93. The van der Waals surface area contributed by atoms with Gasteiger partial charge in [0.05, 0.1) is 11.3 Å². The highest BCUT2D eigenvalue weighted by molar-refractivity contribution is 5.84. The lowest BCUT2D eigenvalue weighted by Crippen LogP contribution is -2.44. The van der Waals surface area contributed by atoms with Crippen LogP contribution in [0.5, 0.6) is 5.88 Å². The van der Waals surface area contributed by atoms with E-state index in [0.29, 0.717) is 22.7 Å². The van der Waals surface area contributed by atoms with Crippen LogP contribution in [0.25, 0.3) is 22.2 Å². The minimum atomic E-state index is -0.374. The summed E-state index contributed by atoms with van der Waals surface area (Å²) in [6.45, 7) is 4.02. The molecule has 0 spiro atoms. The van der Waals surface area contributed by atoms with E-state index in [1.165, 1.54) is 6.42 Å². The minimum Gasteiger partial charge on any atom is -0.474 e. The lowest BCUT2D eigenvalue weighted by molar-refractivity contribution is 0.115. The third-order valence-corrected chi connectivity index (χ3v) is 5.93. The molecular weight excluding hydrogens is 366 g/mol. The molecule has 2 aromatic heterocycles. The maximum atomic E-state index is 12.7. The number of pyridine rings is 1. The largest absolute Gasteiger partial charge is 0.474 e. The first kappa shape index (κ1) is 18.2. The first-order valence-corrected chi connectivity index (χ1v) is 10.3. The molecule has 5 rings (SSSR count). The topological polar surface area (TPSA) is 58.8 Å². The Morgan fingerprint density at radius 1 is 1.07 bits per heavy atom. The van der Waals surface area contributed by atoms with Crippen LogP contribution < -0.4 is 15.3 Å². The molecule has 150 valence electrons. The fraction of sp³-hybridized carbons (Fsp3) is 0.391. The SMILES string of the molecule is CN1CCN(c2ccc3cc(-c4cccc(OC5CCC5)n4)c(=O)oc3c2)CC1. The van der Waals surface area contributed by atoms with Crippen molar-refractivity contribution in [3.63, 3.8) is 0 Å². The Morgan fingerprint density at radius 2 is 1.90 bits per heavy atom. The van der Waals surface area contributed by atoms with Gasteiger partial charge in [0.1, 0.15) is 11.7 Å². The second kappa shape index (κ2) is 7.52. The number of likely N-dealkylation sites (N-methyl/N-ethyl adjacent to an activating group) is 1. The normalized spacial score (nSPS) is 18.0. The van der Waals surface area contributed by atoms with Crippen molar-refractivity contribution in [2.45, 2.75) is 25.4 Å². The van der Waals surface area contributed by atoms with E-state index >= 15 is 0 Å². The molecule has 2 aliphatic rings. The fourth-order valence-electron chi connectivity index (χ4n) is 3.83. The van der Waals surface area contributed by atoms with Gasteiger partial charge in [-0.2, -0.15) is 0 Å². The first-order chi connectivity index (χ1) is 14.2. The quantitative estimate of drug-likeness (QED) is 0.634. The van der Waals surface area contributed by atoms with Crippen molar-refractivity contribution in [1.82, 2.24) is 9.88 Å². The summed E-state index contributed by atoms with van der Waals surface area (Å²) in [4.78, 5) is 21.9. The number of hydrogen-bond donors (Lipinski definition) is 0. The van der Waals surface area contributed by atoms with E-state index in [1.807, 2.05) is 36.4 Å². The number of anilines is 1. The third kappa shape index (κ3) is 3.72. The fourth-order valence-corrected chi connectivity index (χ4v) is 3.83. The summed E-state index contributed by atoms with van der Waals surface area (Å²) in [6.07, 6.45) is 3.59. The van der Waals surface area contributed by atoms with Crippen LogP contribution in [0.4, 0.5) is 5.69 Å². The number of aromatic nitrogens is 1. The number of benzene rings is 1. The maximum Gasteiger partial charge on any atom is 0.345 e. The summed E-state index contributed by atoms with van der Waals surface area (Å²) >= 11 is 0. The zero-order valence-electron chi connectivity index (χ0n) is 16.6. The van der Waals surface area contributed by atoms with Crippen LogP contribution in [-0.4, -0.2) is 49.2 Å². The van der Waals surface area contributed by atoms with Crippen molar-refractivity contribution < 1.29 is 9.15 Å². The van der Waals surface area contributed by atoms with Crippen LogP contribution in [0.15, 0.2) is 51.7 Å². The van der Waals surface area contributed by atoms with Crippen molar-refractivity contribution in [1.29, 1.82) is 0 Å². The number of fused-ring (bicyclic) bond motifs is 1. The Labute approximate surface area is 169 Å². The molecule has 1 aromatic carbocycles. The lowest BCUT2D eigenvalue weighted by Gasteiger charge is -2.34. The molecule has 1 aliphatic carbocycles. The van der Waals surface area contributed by atoms with Gasteiger partial charge >= 0.3 is 5.63 Å². The summed E-state index contributed by atoms with van der Waals surface area (Å²) < 4.78 is 11.6. The summed E-state index contributed by atoms with van der Waals surface area (Å²) in [5.41, 5.74) is 2.37. The van der Waals surface area contributed by atoms with Crippen molar-refractivity contribution in [3.05, 3.63) is 52.9 Å². The molecule has 3 aromatic rings. The molecule has 3 heterocycles. The van der Waals surface area contributed by atoms with Crippen molar-refractivity contribution in [2.24, 2.45) is 0 Å². The Bertz CT molecular complexity index is 1080. The van der Waals surface area contributed by atoms with Gasteiger partial charge in [-0.15, -0.1) is 0 Å². The molecule has 29 heavy (non-hydrogen) atoms. The van der Waals surface area contributed by atoms with Gasteiger partial charge in [-0.05, 0) is 50.6 Å². The Hall–Kier alpha value is -2.86. The average molecular weight is 391 g/mol. The predicted molar refractivity (Wildman–Crippen MR) is 114 cm³/mol. The Morgan fingerprint density at radius 3 is 2.66 bits per heavy atom. The van der Waals surface area contributed by atoms with Gasteiger partial charge in [0.15, 0.2) is 0 Å². The minimum absolute atomic E-state index is 0.249. The van der Waals surface area contributed by atoms with Gasteiger partial charge < -0.3 is 19.0 Å². The molecule has 0 N–H and O–H groups in total. The van der Waals surface area contributed by atoms with Crippen LogP contribution in [0.2, 0.25) is 0 Å². The van der Waals surface area contributed by atoms with E-state index in [1.54, 1.807) is 0 Å². The lowest BCUT2D eigenvalue weighted by atomic mass is 9.96. The molecular formula is C23H25N3O3. The highest BCUT2D eigenvalue weighted by atomic mass is 16.5. The van der Waals surface area contributed by atoms with Gasteiger partial charge in [0, 0.05) is 49.4 Å². The van der Waals surface area contributed by atoms with Crippen LogP contribution in [0.3, 0.4) is 0 Å². The van der Waals surface area contributed by atoms with Gasteiger partial charge in [-0.1, -0.05) is 6.07 Å². The van der Waals surface area contributed by atoms with Crippen molar-refractivity contribution >= 4 is 16.7 Å². The van der Waals surface area contributed by atoms with Crippen LogP contribution >= 0.6 is 0 Å². The van der Waals surface area contributed by atoms with Crippen LogP contribution in [-0.2, 0) is 0 Å². The number of nitrogens with zero attached hydrogens (tertiary/aromatic N) is 3. The zero-order valence-corrected chi connectivity index (χ0v) is 16.6. The molecule has 0 radical (unpaired) electrons. The van der Waals surface area contributed by atoms with E-state index in [0.717, 1.165) is 50.1 Å². The second-order valence-corrected chi connectivity index (χ2v) is 7.99. The summed E-state index contributed by atoms with van der Waals surface area (Å²) in [5, 5.41) is 0.893. The Kier molecular flexibility index (Phi) is 4.72. The predicted octanol–water partition coefficient (Wildman–Crippen LogP) is 3.54. The van der Waals surface area contributed by atoms with E-state index in [4.69, 9.17) is 9.15 Å². The van der Waals surface area contributed by atoms with Gasteiger partial charge in [0.2, 0.25) is 5.88 Å². The molecule has 1 aliphatic heterocycles. The van der Waals surface area contributed by atoms with Crippen LogP contribution in [0, 0.1) is 0 Å². The molecule has 0 amide bonds. The summed E-state index contributed by atoms with van der Waals surface area (Å²) in [6, 6.07) is 13.5. The maximum absolute atomic E-state index is 12.7. The van der Waals surface area contributed by atoms with Crippen molar-refractivity contribution in [3.8, 4) is 17.1 Å². The average Bonchev–Trinajstić information content (AvgIpc) is 2.71. The smallest absolute Gasteiger partial charge is 0.345 e. The first-order valence-electron chi connectivity index (χ1n) is 10.3. The standard InChI is InChI=1S/C23H25N3O3/c1-25-10-12-26(13-11-25)17-9-8-16-14-19(23(27)29-21(16)15-17)20-6-3-7-22(24-20)28-18-4-2-5-18/h3,6-9,14-15,18H,2,4-5,10-13H2,1H3. The molecule has 6 heteroatoms. The van der Waals surface area contributed by atoms with Crippen molar-refractivity contribution in [2.75, 3.05) is 38.1 Å².